The predicted molar refractivity (Wildman–Crippen MR) is 127 cm³/mol. The van der Waals surface area contributed by atoms with Crippen LogP contribution in [-0.2, 0) is 6.16 Å². The van der Waals surface area contributed by atoms with Gasteiger partial charge in [-0.25, -0.2) is 0 Å². The minimum atomic E-state index is -1.79. The quantitative estimate of drug-likeness (QED) is 0.363. The van der Waals surface area contributed by atoms with Gasteiger partial charge in [0.05, 0.1) is 6.16 Å². The molecule has 0 fully saturated rings. The van der Waals surface area contributed by atoms with E-state index in [9.17, 15) is 0 Å². The van der Waals surface area contributed by atoms with Gasteiger partial charge in [0.15, 0.2) is 0 Å². The zero-order chi connectivity index (χ0) is 18.5. The fraction of sp³-hybridized carbons (Fsp3) is 0.0769. The second-order valence-corrected chi connectivity index (χ2v) is 10.4. The Morgan fingerprint density at radius 1 is 0.500 bits per heavy atom. The fourth-order valence-electron chi connectivity index (χ4n) is 3.74. The van der Waals surface area contributed by atoms with Gasteiger partial charge in [0.25, 0.3) is 0 Å². The van der Waals surface area contributed by atoms with Gasteiger partial charge in [0.1, 0.15) is 23.2 Å². The van der Waals surface area contributed by atoms with Crippen LogP contribution in [0.2, 0.25) is 0 Å². The summed E-state index contributed by atoms with van der Waals surface area (Å²) in [5.41, 5.74) is 2.70. The third-order valence-electron chi connectivity index (χ3n) is 5.13. The highest BCUT2D eigenvalue weighted by Crippen LogP contribution is 2.58. The van der Waals surface area contributed by atoms with E-state index in [1.54, 1.807) is 0 Å². The number of benzene rings is 4. The van der Waals surface area contributed by atoms with Gasteiger partial charge in [-0.1, -0.05) is 84.4 Å². The maximum absolute atomic E-state index is 2.31. The molecule has 140 valence electrons. The molecular weight excluding hydrogens is 379 g/mol. The van der Waals surface area contributed by atoms with Crippen LogP contribution in [-0.4, -0.2) is 0 Å². The molecule has 0 heterocycles. The lowest BCUT2D eigenvalue weighted by Gasteiger charge is -2.27. The van der Waals surface area contributed by atoms with Crippen LogP contribution in [0.3, 0.4) is 0 Å². The number of hydrogen-bond acceptors (Lipinski definition) is 0. The summed E-state index contributed by atoms with van der Waals surface area (Å²) in [6, 6.07) is 42.2. The van der Waals surface area contributed by atoms with E-state index in [-0.39, 0.29) is 12.4 Å². The monoisotopic (exact) mass is 403 g/mol. The van der Waals surface area contributed by atoms with Crippen molar-refractivity contribution in [3.8, 4) is 0 Å². The Labute approximate surface area is 175 Å². The molecule has 2 heteroatoms. The molecule has 0 nitrogen and oxygen atoms in total. The minimum Gasteiger partial charge on any atom is -0.147 e. The Hall–Kier alpha value is -2.40. The van der Waals surface area contributed by atoms with Gasteiger partial charge in [-0.05, 0) is 48.9 Å². The molecular formula is C26H25ClP+. The molecule has 0 aliphatic rings. The third kappa shape index (κ3) is 4.04. The van der Waals surface area contributed by atoms with Crippen molar-refractivity contribution in [1.82, 2.24) is 0 Å². The Bertz CT molecular complexity index is 884. The molecule has 28 heavy (non-hydrogen) atoms. The largest absolute Gasteiger partial charge is 0.147 e. The van der Waals surface area contributed by atoms with E-state index in [2.05, 4.69) is 122 Å². The lowest BCUT2D eigenvalue weighted by Crippen LogP contribution is -2.32. The molecule has 0 N–H and O–H groups in total. The van der Waals surface area contributed by atoms with Crippen LogP contribution in [0, 0.1) is 6.92 Å². The molecule has 0 atom stereocenters. The average molecular weight is 404 g/mol. The molecule has 4 aromatic carbocycles. The van der Waals surface area contributed by atoms with E-state index < -0.39 is 7.26 Å². The summed E-state index contributed by atoms with van der Waals surface area (Å²) in [6.07, 6.45) is 1.03. The van der Waals surface area contributed by atoms with Crippen molar-refractivity contribution in [3.63, 3.8) is 0 Å². The molecule has 0 unspecified atom stereocenters. The number of hydrogen-bond donors (Lipinski definition) is 0. The highest BCUT2D eigenvalue weighted by molar-refractivity contribution is 7.95. The summed E-state index contributed by atoms with van der Waals surface area (Å²) in [5.74, 6) is 0. The van der Waals surface area contributed by atoms with Crippen LogP contribution < -0.4 is 15.9 Å². The van der Waals surface area contributed by atoms with Crippen LogP contribution >= 0.6 is 19.7 Å². The van der Waals surface area contributed by atoms with E-state index in [0.717, 1.165) is 6.16 Å². The van der Waals surface area contributed by atoms with Gasteiger partial charge in [-0.2, -0.15) is 0 Å². The molecule has 0 aromatic heterocycles. The first-order valence-electron chi connectivity index (χ1n) is 9.39. The molecule has 0 aliphatic heterocycles. The van der Waals surface area contributed by atoms with Crippen LogP contribution in [0.15, 0.2) is 115 Å². The maximum atomic E-state index is 2.31. The van der Waals surface area contributed by atoms with Crippen molar-refractivity contribution in [2.24, 2.45) is 0 Å². The zero-order valence-corrected chi connectivity index (χ0v) is 17.7. The Kier molecular flexibility index (Phi) is 6.68. The first kappa shape index (κ1) is 20.3. The summed E-state index contributed by atoms with van der Waals surface area (Å²) in [4.78, 5) is 0. The Morgan fingerprint density at radius 2 is 0.857 bits per heavy atom. The van der Waals surface area contributed by atoms with Crippen LogP contribution in [0.5, 0.6) is 0 Å². The Morgan fingerprint density at radius 3 is 1.21 bits per heavy atom. The number of halogens is 1. The minimum absolute atomic E-state index is 0. The standard InChI is InChI=1S/C26H24P.ClH/c1-22-17-19-23(20-18-22)21-27(24-11-5-2-6-12-24,25-13-7-3-8-14-25)26-15-9-4-10-16-26;/h2-20H,21H2,1H3;1H/q+1;. The zero-order valence-electron chi connectivity index (χ0n) is 16.0. The second-order valence-electron chi connectivity index (χ2n) is 6.96. The van der Waals surface area contributed by atoms with Crippen molar-refractivity contribution in [2.75, 3.05) is 0 Å². The number of rotatable bonds is 5. The summed E-state index contributed by atoms with van der Waals surface area (Å²) in [6.45, 7) is 2.15. The lowest BCUT2D eigenvalue weighted by molar-refractivity contribution is 1.35. The smallest absolute Gasteiger partial charge is 0.116 e. The molecule has 0 radical (unpaired) electrons. The van der Waals surface area contributed by atoms with E-state index in [0.29, 0.717) is 0 Å². The number of aryl methyl sites for hydroxylation is 1. The maximum Gasteiger partial charge on any atom is 0.116 e. The molecule has 4 rings (SSSR count). The van der Waals surface area contributed by atoms with E-state index in [1.165, 1.54) is 27.0 Å². The van der Waals surface area contributed by atoms with E-state index in [1.807, 2.05) is 0 Å². The van der Waals surface area contributed by atoms with Gasteiger partial charge in [-0.3, -0.25) is 0 Å². The molecule has 4 aromatic rings. The summed E-state index contributed by atoms with van der Waals surface area (Å²) < 4.78 is 0. The first-order valence-corrected chi connectivity index (χ1v) is 11.4. The molecule has 0 saturated heterocycles. The van der Waals surface area contributed by atoms with Crippen molar-refractivity contribution in [3.05, 3.63) is 126 Å². The fourth-order valence-corrected chi connectivity index (χ4v) is 7.98. The lowest BCUT2D eigenvalue weighted by atomic mass is 10.2. The molecule has 0 aliphatic carbocycles. The SMILES string of the molecule is Cc1ccc(C[P+](c2ccccc2)(c2ccccc2)c2ccccc2)cc1.Cl. The van der Waals surface area contributed by atoms with Gasteiger partial charge in [0.2, 0.25) is 0 Å². The van der Waals surface area contributed by atoms with Crippen molar-refractivity contribution >= 4 is 35.6 Å². The van der Waals surface area contributed by atoms with Gasteiger partial charge < -0.3 is 0 Å². The van der Waals surface area contributed by atoms with Crippen molar-refractivity contribution < 1.29 is 0 Å². The third-order valence-corrected chi connectivity index (χ3v) is 9.51. The van der Waals surface area contributed by atoms with Crippen LogP contribution in [0.1, 0.15) is 11.1 Å². The van der Waals surface area contributed by atoms with Crippen molar-refractivity contribution in [1.29, 1.82) is 0 Å². The van der Waals surface area contributed by atoms with E-state index >= 15 is 0 Å². The van der Waals surface area contributed by atoms with E-state index in [4.69, 9.17) is 0 Å². The molecule has 0 saturated carbocycles. The van der Waals surface area contributed by atoms with Crippen molar-refractivity contribution in [2.45, 2.75) is 13.1 Å². The van der Waals surface area contributed by atoms with Gasteiger partial charge >= 0.3 is 0 Å². The highest BCUT2D eigenvalue weighted by atomic mass is 35.5. The normalized spacial score (nSPS) is 10.9. The van der Waals surface area contributed by atoms with Crippen LogP contribution in [0.4, 0.5) is 0 Å². The molecule has 0 spiro atoms. The van der Waals surface area contributed by atoms with Crippen LogP contribution in [0.25, 0.3) is 0 Å². The summed E-state index contributed by atoms with van der Waals surface area (Å²) >= 11 is 0. The predicted octanol–water partition coefficient (Wildman–Crippen LogP) is 5.91. The van der Waals surface area contributed by atoms with Gasteiger partial charge in [0, 0.05) is 0 Å². The first-order chi connectivity index (χ1) is 13.3. The van der Waals surface area contributed by atoms with Gasteiger partial charge in [-0.15, -0.1) is 12.4 Å². The highest BCUT2D eigenvalue weighted by Gasteiger charge is 2.45. The molecule has 0 amide bonds. The summed E-state index contributed by atoms with van der Waals surface area (Å²) in [7, 11) is -1.79. The molecule has 0 bridgehead atoms. The Balaban J connectivity index is 0.00000225. The topological polar surface area (TPSA) is 0 Å². The average Bonchev–Trinajstić information content (AvgIpc) is 2.75. The second kappa shape index (κ2) is 9.20. The summed E-state index contributed by atoms with van der Waals surface area (Å²) in [5, 5.41) is 4.30.